The van der Waals surface area contributed by atoms with Crippen LogP contribution in [0.25, 0.3) is 22.6 Å². The lowest BCUT2D eigenvalue weighted by molar-refractivity contribution is -0.192. The topological polar surface area (TPSA) is 139 Å². The number of nitrogens with one attached hydrogen (secondary N) is 1. The number of aliphatic carboxylic acids is 1. The van der Waals surface area contributed by atoms with Gasteiger partial charge in [-0.1, -0.05) is 0 Å². The van der Waals surface area contributed by atoms with Crippen LogP contribution in [0.3, 0.4) is 0 Å². The molecule has 0 saturated heterocycles. The van der Waals surface area contributed by atoms with E-state index in [1.807, 2.05) is 0 Å². The zero-order chi connectivity index (χ0) is 20.2. The van der Waals surface area contributed by atoms with Crippen LogP contribution in [0.4, 0.5) is 18.9 Å². The number of alkyl halides is 3. The number of oxazole rings is 1. The van der Waals surface area contributed by atoms with Gasteiger partial charge in [0.15, 0.2) is 5.58 Å². The Bertz CT molecular complexity index is 968. The van der Waals surface area contributed by atoms with E-state index >= 15 is 0 Å². The Morgan fingerprint density at radius 2 is 1.70 bits per heavy atom. The number of benzene rings is 2. The Balaban J connectivity index is 0.000000321. The zero-order valence-electron chi connectivity index (χ0n) is 13.3. The Morgan fingerprint density at radius 1 is 1.11 bits per heavy atom. The molecular weight excluding hydrogens is 371 g/mol. The predicted molar refractivity (Wildman–Crippen MR) is 86.8 cm³/mol. The van der Waals surface area contributed by atoms with E-state index in [-0.39, 0.29) is 0 Å². The van der Waals surface area contributed by atoms with Gasteiger partial charge in [-0.15, -0.1) is 0 Å². The third-order valence-electron chi connectivity index (χ3n) is 3.15. The number of carbonyl (C=O) groups is 2. The summed E-state index contributed by atoms with van der Waals surface area (Å²) in [7, 11) is 0. The number of rotatable bonds is 2. The number of carboxylic acids is 1. The third-order valence-corrected chi connectivity index (χ3v) is 3.15. The molecule has 0 aliphatic rings. The van der Waals surface area contributed by atoms with E-state index in [1.54, 1.807) is 47.9 Å². The van der Waals surface area contributed by atoms with Gasteiger partial charge in [0.2, 0.25) is 5.89 Å². The fourth-order valence-corrected chi connectivity index (χ4v) is 1.88. The maximum Gasteiger partial charge on any atom is 0.490 e. The molecule has 0 aliphatic carbocycles. The number of hydroxylamine groups is 1. The van der Waals surface area contributed by atoms with Crippen molar-refractivity contribution in [3.05, 3.63) is 48.0 Å². The SMILES string of the molecule is Nc1ccc(-c2nc3cc(C(=O)NO)ccc3o2)cc1.O=C(O)C(F)(F)F. The highest BCUT2D eigenvalue weighted by atomic mass is 19.4. The fourth-order valence-electron chi connectivity index (χ4n) is 1.88. The summed E-state index contributed by atoms with van der Waals surface area (Å²) in [5, 5.41) is 15.7. The molecule has 0 radical (unpaired) electrons. The van der Waals surface area contributed by atoms with Crippen molar-refractivity contribution in [1.29, 1.82) is 0 Å². The van der Waals surface area contributed by atoms with Crippen LogP contribution in [0, 0.1) is 0 Å². The molecule has 3 rings (SSSR count). The first-order valence-electron chi connectivity index (χ1n) is 7.13. The number of nitrogens with two attached hydrogens (primary N) is 1. The van der Waals surface area contributed by atoms with Crippen molar-refractivity contribution in [2.45, 2.75) is 6.18 Å². The van der Waals surface area contributed by atoms with Crippen molar-refractivity contribution in [1.82, 2.24) is 10.5 Å². The minimum absolute atomic E-state index is 0.303. The fraction of sp³-hybridized carbons (Fsp3) is 0.0625. The predicted octanol–water partition coefficient (Wildman–Crippen LogP) is 2.83. The van der Waals surface area contributed by atoms with Gasteiger partial charge >= 0.3 is 12.1 Å². The van der Waals surface area contributed by atoms with Crippen molar-refractivity contribution in [3.8, 4) is 11.5 Å². The van der Waals surface area contributed by atoms with Crippen molar-refractivity contribution in [2.75, 3.05) is 5.73 Å². The van der Waals surface area contributed by atoms with Crippen LogP contribution in [0.5, 0.6) is 0 Å². The van der Waals surface area contributed by atoms with Gasteiger partial charge in [0.1, 0.15) is 5.52 Å². The monoisotopic (exact) mass is 383 g/mol. The number of amides is 1. The maximum atomic E-state index is 11.3. The number of anilines is 1. The molecule has 0 unspecified atom stereocenters. The van der Waals surface area contributed by atoms with Crippen molar-refractivity contribution >= 4 is 28.7 Å². The summed E-state index contributed by atoms with van der Waals surface area (Å²) >= 11 is 0. The van der Waals surface area contributed by atoms with Gasteiger partial charge in [-0.05, 0) is 42.5 Å². The molecule has 1 heterocycles. The van der Waals surface area contributed by atoms with Gasteiger partial charge in [-0.3, -0.25) is 10.0 Å². The zero-order valence-corrected chi connectivity index (χ0v) is 13.3. The van der Waals surface area contributed by atoms with Crippen LogP contribution < -0.4 is 11.2 Å². The lowest BCUT2D eigenvalue weighted by atomic mass is 10.2. The highest BCUT2D eigenvalue weighted by Gasteiger charge is 2.38. The van der Waals surface area contributed by atoms with Gasteiger partial charge in [-0.2, -0.15) is 13.2 Å². The van der Waals surface area contributed by atoms with E-state index in [1.165, 1.54) is 0 Å². The maximum absolute atomic E-state index is 11.3. The minimum atomic E-state index is -5.08. The number of carbonyl (C=O) groups excluding carboxylic acids is 1. The lowest BCUT2D eigenvalue weighted by Crippen LogP contribution is -2.21. The number of nitrogens with zero attached hydrogens (tertiary/aromatic N) is 1. The Morgan fingerprint density at radius 3 is 2.22 bits per heavy atom. The summed E-state index contributed by atoms with van der Waals surface area (Å²) in [5.41, 5.74) is 10.1. The van der Waals surface area contributed by atoms with E-state index < -0.39 is 18.1 Å². The smallest absolute Gasteiger partial charge is 0.475 e. The van der Waals surface area contributed by atoms with Crippen LogP contribution in [-0.2, 0) is 4.79 Å². The highest BCUT2D eigenvalue weighted by molar-refractivity contribution is 5.96. The number of nitrogen functional groups attached to an aromatic ring is 1. The number of halogens is 3. The molecule has 1 amide bonds. The first-order chi connectivity index (χ1) is 12.6. The Hall–Kier alpha value is -3.60. The van der Waals surface area contributed by atoms with Gasteiger partial charge in [-0.25, -0.2) is 15.3 Å². The molecule has 0 spiro atoms. The largest absolute Gasteiger partial charge is 0.490 e. The van der Waals surface area contributed by atoms with Crippen molar-refractivity contribution < 1.29 is 37.5 Å². The number of hydrogen-bond donors (Lipinski definition) is 4. The normalized spacial score (nSPS) is 10.8. The van der Waals surface area contributed by atoms with Crippen LogP contribution in [0.1, 0.15) is 10.4 Å². The second kappa shape index (κ2) is 7.74. The molecule has 27 heavy (non-hydrogen) atoms. The minimum Gasteiger partial charge on any atom is -0.475 e. The molecule has 0 saturated carbocycles. The number of carboxylic acid groups (broad SMARTS) is 1. The summed E-state index contributed by atoms with van der Waals surface area (Å²) in [6.45, 7) is 0. The number of fused-ring (bicyclic) bond motifs is 1. The second-order valence-electron chi connectivity index (χ2n) is 5.07. The highest BCUT2D eigenvalue weighted by Crippen LogP contribution is 2.25. The van der Waals surface area contributed by atoms with Crippen LogP contribution in [0.15, 0.2) is 46.9 Å². The first kappa shape index (κ1) is 19.7. The van der Waals surface area contributed by atoms with Gasteiger partial charge in [0.05, 0.1) is 0 Å². The molecule has 3 aromatic rings. The molecule has 0 aliphatic heterocycles. The van der Waals surface area contributed by atoms with E-state index in [2.05, 4.69) is 4.98 Å². The average molecular weight is 383 g/mol. The molecule has 142 valence electrons. The average Bonchev–Trinajstić information content (AvgIpc) is 3.04. The van der Waals surface area contributed by atoms with Gasteiger partial charge in [0.25, 0.3) is 5.91 Å². The van der Waals surface area contributed by atoms with Gasteiger partial charge < -0.3 is 15.3 Å². The molecule has 1 aromatic heterocycles. The molecule has 8 nitrogen and oxygen atoms in total. The van der Waals surface area contributed by atoms with Gasteiger partial charge in [0, 0.05) is 16.8 Å². The summed E-state index contributed by atoms with van der Waals surface area (Å²) in [6.07, 6.45) is -5.08. The molecule has 5 N–H and O–H groups in total. The molecule has 11 heteroatoms. The number of aromatic nitrogens is 1. The van der Waals surface area contributed by atoms with E-state index in [0.29, 0.717) is 28.2 Å². The van der Waals surface area contributed by atoms with E-state index in [9.17, 15) is 18.0 Å². The van der Waals surface area contributed by atoms with Crippen LogP contribution >= 0.6 is 0 Å². The first-order valence-corrected chi connectivity index (χ1v) is 7.13. The quantitative estimate of drug-likeness (QED) is 0.303. The standard InChI is InChI=1S/C14H11N3O3.C2HF3O2/c15-10-4-1-8(2-5-10)14-16-11-7-9(13(18)17-19)3-6-12(11)20-14;3-2(4,5)1(6)7/h1-7,19H,15H2,(H,17,18);(H,6,7). The lowest BCUT2D eigenvalue weighted by Gasteiger charge is -1.96. The Kier molecular flexibility index (Phi) is 5.66. The summed E-state index contributed by atoms with van der Waals surface area (Å²) < 4.78 is 37.4. The second-order valence-corrected chi connectivity index (χ2v) is 5.07. The molecule has 0 fully saturated rings. The molecular formula is C16H12F3N3O5. The van der Waals surface area contributed by atoms with E-state index in [4.69, 9.17) is 25.3 Å². The van der Waals surface area contributed by atoms with Crippen LogP contribution in [-0.4, -0.2) is 33.4 Å². The summed E-state index contributed by atoms with van der Waals surface area (Å²) in [4.78, 5) is 24.6. The van der Waals surface area contributed by atoms with Crippen molar-refractivity contribution in [3.63, 3.8) is 0 Å². The summed E-state index contributed by atoms with van der Waals surface area (Å²) in [5.74, 6) is -2.90. The molecule has 0 bridgehead atoms. The molecule has 0 atom stereocenters. The van der Waals surface area contributed by atoms with Crippen LogP contribution in [0.2, 0.25) is 0 Å². The Labute approximate surface area is 149 Å². The molecule has 2 aromatic carbocycles. The summed E-state index contributed by atoms with van der Waals surface area (Å²) in [6, 6.07) is 11.9. The number of hydrogen-bond acceptors (Lipinski definition) is 6. The van der Waals surface area contributed by atoms with E-state index in [0.717, 1.165) is 5.56 Å². The third kappa shape index (κ3) is 4.95. The van der Waals surface area contributed by atoms with Crippen molar-refractivity contribution in [2.24, 2.45) is 0 Å².